The van der Waals surface area contributed by atoms with Crippen LogP contribution in [0, 0.1) is 13.8 Å². The quantitative estimate of drug-likeness (QED) is 0.525. The number of rotatable bonds is 3. The Labute approximate surface area is 155 Å². The maximum atomic E-state index is 13.1. The number of hydrogen-bond donors (Lipinski definition) is 0. The summed E-state index contributed by atoms with van der Waals surface area (Å²) in [4.78, 5) is 30.5. The molecule has 138 valence electrons. The number of aryl methyl sites for hydroxylation is 3. The van der Waals surface area contributed by atoms with E-state index in [1.807, 2.05) is 48.9 Å². The Balaban J connectivity index is 2.20. The third-order valence-corrected chi connectivity index (χ3v) is 5.08. The van der Waals surface area contributed by atoms with Crippen molar-refractivity contribution in [2.45, 2.75) is 26.8 Å². The molecule has 3 aromatic heterocycles. The van der Waals surface area contributed by atoms with Gasteiger partial charge in [-0.25, -0.2) is 4.79 Å². The van der Waals surface area contributed by atoms with Crippen molar-refractivity contribution in [3.05, 3.63) is 75.2 Å². The van der Waals surface area contributed by atoms with Gasteiger partial charge in [-0.3, -0.25) is 22.9 Å². The largest absolute Gasteiger partial charge is 0.333 e. The van der Waals surface area contributed by atoms with Crippen molar-refractivity contribution in [3.8, 4) is 5.69 Å². The van der Waals surface area contributed by atoms with Gasteiger partial charge in [0.1, 0.15) is 0 Å². The zero-order chi connectivity index (χ0) is 19.5. The number of allylic oxidation sites excluding steroid dienone is 1. The van der Waals surface area contributed by atoms with Crippen molar-refractivity contribution < 1.29 is 0 Å². The van der Waals surface area contributed by atoms with Gasteiger partial charge in [-0.05, 0) is 32.4 Å². The fraction of sp³-hybridized carbons (Fsp3) is 0.250. The van der Waals surface area contributed by atoms with E-state index in [1.165, 1.54) is 9.13 Å². The number of hydrogen-bond acceptors (Lipinski definition) is 3. The van der Waals surface area contributed by atoms with Crippen LogP contribution in [-0.4, -0.2) is 23.1 Å². The molecule has 4 rings (SSSR count). The molecule has 0 aliphatic heterocycles. The highest BCUT2D eigenvalue weighted by molar-refractivity contribution is 5.76. The van der Waals surface area contributed by atoms with Crippen molar-refractivity contribution in [3.63, 3.8) is 0 Å². The molecule has 7 heteroatoms. The number of para-hydroxylation sites is 1. The van der Waals surface area contributed by atoms with Crippen LogP contribution in [0.5, 0.6) is 0 Å². The van der Waals surface area contributed by atoms with E-state index in [9.17, 15) is 9.59 Å². The molecule has 0 unspecified atom stereocenters. The molecule has 0 aliphatic carbocycles. The van der Waals surface area contributed by atoms with Crippen LogP contribution >= 0.6 is 0 Å². The minimum atomic E-state index is -0.411. The lowest BCUT2D eigenvalue weighted by Crippen LogP contribution is -2.40. The molecule has 0 fully saturated rings. The maximum Gasteiger partial charge on any atom is 0.333 e. The SMILES string of the molecule is C=C[C@@H](C)n1c(=O)c2c(nc3n(-c4ccccc4C)c(C)cn23)n(C)c1=O. The van der Waals surface area contributed by atoms with Gasteiger partial charge in [0.2, 0.25) is 5.78 Å². The summed E-state index contributed by atoms with van der Waals surface area (Å²) in [5, 5.41) is 0. The third kappa shape index (κ3) is 2.24. The van der Waals surface area contributed by atoms with Gasteiger partial charge in [0.25, 0.3) is 5.56 Å². The zero-order valence-electron chi connectivity index (χ0n) is 15.8. The Kier molecular flexibility index (Phi) is 3.69. The number of imidazole rings is 2. The highest BCUT2D eigenvalue weighted by Crippen LogP contribution is 2.23. The molecule has 1 aromatic carbocycles. The Morgan fingerprint density at radius 1 is 1.19 bits per heavy atom. The van der Waals surface area contributed by atoms with Gasteiger partial charge >= 0.3 is 5.69 Å². The first-order chi connectivity index (χ1) is 12.9. The molecule has 0 bridgehead atoms. The van der Waals surface area contributed by atoms with Gasteiger partial charge in [-0.1, -0.05) is 24.3 Å². The average molecular weight is 363 g/mol. The van der Waals surface area contributed by atoms with Gasteiger partial charge in [0, 0.05) is 18.9 Å². The van der Waals surface area contributed by atoms with Crippen LogP contribution in [0.15, 0.2) is 52.7 Å². The van der Waals surface area contributed by atoms with Crippen molar-refractivity contribution in [2.75, 3.05) is 0 Å². The Hall–Kier alpha value is -3.35. The molecule has 7 nitrogen and oxygen atoms in total. The molecule has 0 spiro atoms. The molecule has 27 heavy (non-hydrogen) atoms. The Morgan fingerprint density at radius 3 is 2.56 bits per heavy atom. The van der Waals surface area contributed by atoms with Gasteiger partial charge in [-0.2, -0.15) is 4.98 Å². The molecular formula is C20H21N5O2. The molecule has 0 N–H and O–H groups in total. The first-order valence-electron chi connectivity index (χ1n) is 8.77. The summed E-state index contributed by atoms with van der Waals surface area (Å²) in [5.74, 6) is 0.605. The lowest BCUT2D eigenvalue weighted by atomic mass is 10.2. The number of benzene rings is 1. The van der Waals surface area contributed by atoms with Crippen LogP contribution in [0.3, 0.4) is 0 Å². The highest BCUT2D eigenvalue weighted by Gasteiger charge is 2.22. The normalized spacial score (nSPS) is 12.7. The zero-order valence-corrected chi connectivity index (χ0v) is 15.8. The van der Waals surface area contributed by atoms with Crippen molar-refractivity contribution in [2.24, 2.45) is 7.05 Å². The standard InChI is InChI=1S/C20H21N5O2/c1-6-13(3)25-18(26)16-17(22(5)20(25)27)21-19-23(16)11-14(4)24(19)15-10-8-7-9-12(15)2/h6-11,13H,1H2,2-5H3/t13-/m1/s1. The number of aromatic nitrogens is 5. The van der Waals surface area contributed by atoms with E-state index >= 15 is 0 Å². The fourth-order valence-electron chi connectivity index (χ4n) is 3.55. The van der Waals surface area contributed by atoms with E-state index in [0.29, 0.717) is 16.9 Å². The van der Waals surface area contributed by atoms with Gasteiger partial charge in [0.05, 0.1) is 11.7 Å². The summed E-state index contributed by atoms with van der Waals surface area (Å²) >= 11 is 0. The van der Waals surface area contributed by atoms with E-state index in [4.69, 9.17) is 0 Å². The summed E-state index contributed by atoms with van der Waals surface area (Å²) in [6.07, 6.45) is 3.46. The summed E-state index contributed by atoms with van der Waals surface area (Å²) < 4.78 is 6.40. The minimum absolute atomic E-state index is 0.366. The Morgan fingerprint density at radius 2 is 1.89 bits per heavy atom. The molecular weight excluding hydrogens is 342 g/mol. The van der Waals surface area contributed by atoms with Gasteiger partial charge in [0.15, 0.2) is 11.2 Å². The van der Waals surface area contributed by atoms with Crippen molar-refractivity contribution in [1.29, 1.82) is 0 Å². The lowest BCUT2D eigenvalue weighted by Gasteiger charge is -2.11. The average Bonchev–Trinajstić information content (AvgIpc) is 3.15. The minimum Gasteiger partial charge on any atom is -0.283 e. The molecule has 4 aromatic rings. The predicted octanol–water partition coefficient (Wildman–Crippen LogP) is 2.50. The van der Waals surface area contributed by atoms with Crippen LogP contribution < -0.4 is 11.2 Å². The van der Waals surface area contributed by atoms with E-state index in [1.54, 1.807) is 24.4 Å². The van der Waals surface area contributed by atoms with Gasteiger partial charge < -0.3 is 0 Å². The van der Waals surface area contributed by atoms with E-state index < -0.39 is 11.7 Å². The van der Waals surface area contributed by atoms with Crippen molar-refractivity contribution >= 4 is 16.9 Å². The molecule has 0 radical (unpaired) electrons. The van der Waals surface area contributed by atoms with Crippen LogP contribution in [-0.2, 0) is 7.05 Å². The van der Waals surface area contributed by atoms with Crippen molar-refractivity contribution in [1.82, 2.24) is 23.1 Å². The predicted molar refractivity (Wildman–Crippen MR) is 106 cm³/mol. The molecule has 0 saturated heterocycles. The van der Waals surface area contributed by atoms with Crippen LogP contribution in [0.1, 0.15) is 24.2 Å². The van der Waals surface area contributed by atoms with Gasteiger partial charge in [-0.15, -0.1) is 6.58 Å². The Bertz CT molecular complexity index is 1330. The van der Waals surface area contributed by atoms with E-state index in [2.05, 4.69) is 11.6 Å². The molecule has 0 amide bonds. The summed E-state index contributed by atoms with van der Waals surface area (Å²) in [6.45, 7) is 9.48. The highest BCUT2D eigenvalue weighted by atomic mass is 16.2. The number of nitrogens with zero attached hydrogens (tertiary/aromatic N) is 5. The lowest BCUT2D eigenvalue weighted by molar-refractivity contribution is 0.574. The van der Waals surface area contributed by atoms with Crippen LogP contribution in [0.25, 0.3) is 22.6 Å². The first-order valence-corrected chi connectivity index (χ1v) is 8.77. The second kappa shape index (κ2) is 5.84. The topological polar surface area (TPSA) is 66.2 Å². The smallest absolute Gasteiger partial charge is 0.283 e. The second-order valence-corrected chi connectivity index (χ2v) is 6.84. The molecule has 0 aliphatic rings. The molecule has 0 saturated carbocycles. The summed E-state index contributed by atoms with van der Waals surface area (Å²) in [6, 6.07) is 7.58. The van der Waals surface area contributed by atoms with E-state index in [0.717, 1.165) is 16.9 Å². The van der Waals surface area contributed by atoms with Crippen LogP contribution in [0.4, 0.5) is 0 Å². The van der Waals surface area contributed by atoms with E-state index in [-0.39, 0.29) is 5.56 Å². The fourth-order valence-corrected chi connectivity index (χ4v) is 3.55. The van der Waals surface area contributed by atoms with Crippen LogP contribution in [0.2, 0.25) is 0 Å². The number of fused-ring (bicyclic) bond motifs is 3. The third-order valence-electron chi connectivity index (χ3n) is 5.08. The monoisotopic (exact) mass is 363 g/mol. The maximum absolute atomic E-state index is 13.1. The second-order valence-electron chi connectivity index (χ2n) is 6.84. The summed E-state index contributed by atoms with van der Waals surface area (Å²) in [5.41, 5.74) is 3.02. The summed E-state index contributed by atoms with van der Waals surface area (Å²) in [7, 11) is 1.63. The molecule has 3 heterocycles. The first kappa shape index (κ1) is 17.1. The molecule has 1 atom stereocenters.